The Morgan fingerprint density at radius 2 is 2.23 bits per heavy atom. The summed E-state index contributed by atoms with van der Waals surface area (Å²) in [5.74, 6) is 0. The molecule has 0 fully saturated rings. The molecule has 0 radical (unpaired) electrons. The number of alkyl halides is 3. The number of halogens is 3. The van der Waals surface area contributed by atoms with Crippen LogP contribution in [0.4, 0.5) is 13.2 Å². The second-order valence-electron chi connectivity index (χ2n) is 2.53. The third-order valence-corrected chi connectivity index (χ3v) is 1.43. The van der Waals surface area contributed by atoms with Crippen LogP contribution in [0.25, 0.3) is 0 Å². The van der Waals surface area contributed by atoms with E-state index in [4.69, 9.17) is 4.74 Å². The Labute approximate surface area is 73.1 Å². The van der Waals surface area contributed by atoms with Crippen molar-refractivity contribution in [3.63, 3.8) is 0 Å². The number of methoxy groups -OCH3 is 1. The van der Waals surface area contributed by atoms with Gasteiger partial charge in [-0.1, -0.05) is 0 Å². The van der Waals surface area contributed by atoms with Gasteiger partial charge in [-0.2, -0.15) is 18.3 Å². The first-order valence-corrected chi connectivity index (χ1v) is 3.59. The Balaban J connectivity index is 2.70. The van der Waals surface area contributed by atoms with Gasteiger partial charge in [-0.15, -0.1) is 0 Å². The lowest BCUT2D eigenvalue weighted by atomic mass is 10.4. The average Bonchev–Trinajstić information content (AvgIpc) is 2.34. The smallest absolute Gasteiger partial charge is 0.378 e. The number of hydrogen-bond donors (Lipinski definition) is 0. The van der Waals surface area contributed by atoms with Gasteiger partial charge in [0.15, 0.2) is 0 Å². The SMILES string of the molecule is COCc1ccnn1CC(F)(F)F. The van der Waals surface area contributed by atoms with Crippen molar-refractivity contribution in [1.29, 1.82) is 0 Å². The Morgan fingerprint density at radius 1 is 1.54 bits per heavy atom. The molecule has 0 N–H and O–H groups in total. The van der Waals surface area contributed by atoms with Gasteiger partial charge in [0, 0.05) is 13.3 Å². The number of ether oxygens (including phenoxy) is 1. The van der Waals surface area contributed by atoms with E-state index >= 15 is 0 Å². The first-order valence-electron chi connectivity index (χ1n) is 3.59. The number of rotatable bonds is 3. The Bertz CT molecular complexity index is 269. The molecule has 0 aliphatic carbocycles. The second-order valence-corrected chi connectivity index (χ2v) is 2.53. The zero-order valence-corrected chi connectivity index (χ0v) is 7.01. The van der Waals surface area contributed by atoms with Gasteiger partial charge >= 0.3 is 6.18 Å². The van der Waals surface area contributed by atoms with E-state index in [1.807, 2.05) is 0 Å². The number of nitrogens with zero attached hydrogens (tertiary/aromatic N) is 2. The molecule has 0 aliphatic rings. The molecule has 74 valence electrons. The van der Waals surface area contributed by atoms with Crippen molar-refractivity contribution in [1.82, 2.24) is 9.78 Å². The van der Waals surface area contributed by atoms with Crippen molar-refractivity contribution in [2.24, 2.45) is 0 Å². The zero-order valence-electron chi connectivity index (χ0n) is 7.01. The van der Waals surface area contributed by atoms with Gasteiger partial charge in [-0.05, 0) is 6.07 Å². The molecular formula is C7H9F3N2O. The third-order valence-electron chi connectivity index (χ3n) is 1.43. The summed E-state index contributed by atoms with van der Waals surface area (Å²) in [5.41, 5.74) is 0.417. The van der Waals surface area contributed by atoms with Crippen LogP contribution in [0.2, 0.25) is 0 Å². The van der Waals surface area contributed by atoms with Crippen molar-refractivity contribution in [2.75, 3.05) is 7.11 Å². The highest BCUT2D eigenvalue weighted by Crippen LogP contribution is 2.18. The summed E-state index contributed by atoms with van der Waals surface area (Å²) in [6, 6.07) is 1.50. The van der Waals surface area contributed by atoms with Gasteiger partial charge in [0.05, 0.1) is 12.3 Å². The van der Waals surface area contributed by atoms with Gasteiger partial charge < -0.3 is 4.74 Å². The maximum atomic E-state index is 11.9. The maximum absolute atomic E-state index is 11.9. The summed E-state index contributed by atoms with van der Waals surface area (Å²) >= 11 is 0. The van der Waals surface area contributed by atoms with Gasteiger partial charge in [0.1, 0.15) is 6.54 Å². The molecule has 1 aromatic heterocycles. The summed E-state index contributed by atoms with van der Waals surface area (Å²) in [5, 5.41) is 3.54. The summed E-state index contributed by atoms with van der Waals surface area (Å²) < 4.78 is 41.4. The van der Waals surface area contributed by atoms with E-state index in [-0.39, 0.29) is 6.61 Å². The van der Waals surface area contributed by atoms with Crippen LogP contribution in [-0.2, 0) is 17.9 Å². The van der Waals surface area contributed by atoms with Crippen LogP contribution < -0.4 is 0 Å². The first-order chi connectivity index (χ1) is 6.03. The van der Waals surface area contributed by atoms with Crippen molar-refractivity contribution < 1.29 is 17.9 Å². The fraction of sp³-hybridized carbons (Fsp3) is 0.571. The third kappa shape index (κ3) is 3.06. The lowest BCUT2D eigenvalue weighted by Crippen LogP contribution is -2.20. The standard InChI is InChI=1S/C7H9F3N2O/c1-13-4-6-2-3-11-12(6)5-7(8,9)10/h2-3H,4-5H2,1H3. The second kappa shape index (κ2) is 3.78. The van der Waals surface area contributed by atoms with E-state index in [2.05, 4.69) is 5.10 Å². The molecule has 1 rings (SSSR count). The molecule has 6 heteroatoms. The van der Waals surface area contributed by atoms with Crippen molar-refractivity contribution >= 4 is 0 Å². The van der Waals surface area contributed by atoms with Crippen molar-refractivity contribution in [2.45, 2.75) is 19.3 Å². The van der Waals surface area contributed by atoms with Gasteiger partial charge in [0.25, 0.3) is 0 Å². The summed E-state index contributed by atoms with van der Waals surface area (Å²) in [7, 11) is 1.42. The van der Waals surface area contributed by atoms with E-state index in [1.165, 1.54) is 19.4 Å². The first kappa shape index (κ1) is 10.0. The molecule has 0 saturated carbocycles. The molecule has 0 aliphatic heterocycles. The molecule has 0 spiro atoms. The molecule has 0 amide bonds. The highest BCUT2D eigenvalue weighted by molar-refractivity contribution is 4.98. The fourth-order valence-corrected chi connectivity index (χ4v) is 0.943. The predicted octanol–water partition coefficient (Wildman–Crippen LogP) is 1.59. The summed E-state index contributed by atoms with van der Waals surface area (Å²) in [4.78, 5) is 0. The van der Waals surface area contributed by atoms with Crippen LogP contribution in [-0.4, -0.2) is 23.1 Å². The van der Waals surface area contributed by atoms with Gasteiger partial charge in [-0.25, -0.2) is 0 Å². The lowest BCUT2D eigenvalue weighted by molar-refractivity contribution is -0.143. The van der Waals surface area contributed by atoms with E-state index in [0.29, 0.717) is 5.69 Å². The van der Waals surface area contributed by atoms with Crippen molar-refractivity contribution in [3.8, 4) is 0 Å². The Kier molecular flexibility index (Phi) is 2.92. The molecule has 13 heavy (non-hydrogen) atoms. The molecular weight excluding hydrogens is 185 g/mol. The highest BCUT2D eigenvalue weighted by atomic mass is 19.4. The van der Waals surface area contributed by atoms with E-state index in [1.54, 1.807) is 0 Å². The molecule has 1 aromatic rings. The molecule has 1 heterocycles. The molecule has 0 saturated heterocycles. The van der Waals surface area contributed by atoms with E-state index in [9.17, 15) is 13.2 Å². The molecule has 3 nitrogen and oxygen atoms in total. The maximum Gasteiger partial charge on any atom is 0.408 e. The van der Waals surface area contributed by atoms with Crippen LogP contribution in [0.1, 0.15) is 5.69 Å². The number of aromatic nitrogens is 2. The summed E-state index contributed by atoms with van der Waals surface area (Å²) in [6.07, 6.45) is -2.92. The monoisotopic (exact) mass is 194 g/mol. The largest absolute Gasteiger partial charge is 0.408 e. The fourth-order valence-electron chi connectivity index (χ4n) is 0.943. The van der Waals surface area contributed by atoms with E-state index < -0.39 is 12.7 Å². The molecule has 0 unspecified atom stereocenters. The summed E-state index contributed by atoms with van der Waals surface area (Å²) in [6.45, 7) is -0.936. The van der Waals surface area contributed by atoms with Crippen molar-refractivity contribution in [3.05, 3.63) is 18.0 Å². The van der Waals surface area contributed by atoms with Gasteiger partial charge in [-0.3, -0.25) is 4.68 Å². The Morgan fingerprint density at radius 3 is 2.77 bits per heavy atom. The minimum atomic E-state index is -4.24. The normalized spacial score (nSPS) is 12.0. The van der Waals surface area contributed by atoms with Crippen LogP contribution in [0.15, 0.2) is 12.3 Å². The molecule has 0 aromatic carbocycles. The van der Waals surface area contributed by atoms with Gasteiger partial charge in [0.2, 0.25) is 0 Å². The van der Waals surface area contributed by atoms with Crippen LogP contribution in [0.5, 0.6) is 0 Å². The quantitative estimate of drug-likeness (QED) is 0.730. The molecule has 0 atom stereocenters. The number of hydrogen-bond acceptors (Lipinski definition) is 2. The highest BCUT2D eigenvalue weighted by Gasteiger charge is 2.29. The van der Waals surface area contributed by atoms with Crippen LogP contribution >= 0.6 is 0 Å². The average molecular weight is 194 g/mol. The molecule has 0 bridgehead atoms. The minimum Gasteiger partial charge on any atom is -0.378 e. The van der Waals surface area contributed by atoms with Crippen LogP contribution in [0.3, 0.4) is 0 Å². The Hall–Kier alpha value is -1.04. The lowest BCUT2D eigenvalue weighted by Gasteiger charge is -2.09. The topological polar surface area (TPSA) is 27.1 Å². The predicted molar refractivity (Wildman–Crippen MR) is 39.0 cm³/mol. The zero-order chi connectivity index (χ0) is 9.90. The van der Waals surface area contributed by atoms with Crippen LogP contribution in [0, 0.1) is 0 Å². The van der Waals surface area contributed by atoms with E-state index in [0.717, 1.165) is 4.68 Å². The minimum absolute atomic E-state index is 0.135.